The number of aliphatic hydroxyl groups is 1. The first-order valence-corrected chi connectivity index (χ1v) is 14.6. The second-order valence-corrected chi connectivity index (χ2v) is 15.8. The molecule has 1 aliphatic rings. The molecule has 1 N–H and O–H groups in total. The van der Waals surface area contributed by atoms with Crippen LogP contribution < -0.4 is 4.50 Å². The van der Waals surface area contributed by atoms with Gasteiger partial charge in [0.25, 0.3) is 0 Å². The Kier molecular flexibility index (Phi) is 5.25. The predicted octanol–water partition coefficient (Wildman–Crippen LogP) is 5.18. The monoisotopic (exact) mass is 409 g/mol. The van der Waals surface area contributed by atoms with E-state index in [9.17, 15) is 5.11 Å². The predicted molar refractivity (Wildman–Crippen MR) is 124 cm³/mol. The summed E-state index contributed by atoms with van der Waals surface area (Å²) in [6, 6.07) is 19.5. The molecule has 0 spiro atoms. The fourth-order valence-corrected chi connectivity index (χ4v) is 7.49. The number of hydrogen-bond acceptors (Lipinski definition) is 3. The minimum absolute atomic E-state index is 0.202. The fourth-order valence-electron chi connectivity index (χ4n) is 4.36. The van der Waals surface area contributed by atoms with Gasteiger partial charge in [-0.05, 0) is 27.9 Å². The van der Waals surface area contributed by atoms with Gasteiger partial charge in [0.05, 0.1) is 13.7 Å². The van der Waals surface area contributed by atoms with E-state index in [-0.39, 0.29) is 5.92 Å². The van der Waals surface area contributed by atoms with Crippen molar-refractivity contribution in [1.29, 1.82) is 0 Å². The molecule has 0 radical (unpaired) electrons. The average molecular weight is 410 g/mol. The maximum absolute atomic E-state index is 11.8. The first-order valence-electron chi connectivity index (χ1n) is 10.3. The van der Waals surface area contributed by atoms with Crippen LogP contribution in [0.15, 0.2) is 54.6 Å². The van der Waals surface area contributed by atoms with E-state index in [1.807, 2.05) is 11.3 Å². The lowest BCUT2D eigenvalue weighted by Gasteiger charge is -2.44. The fraction of sp³-hybridized carbons (Fsp3) is 0.417. The van der Waals surface area contributed by atoms with Gasteiger partial charge < -0.3 is 5.11 Å². The van der Waals surface area contributed by atoms with Crippen molar-refractivity contribution in [3.8, 4) is 0 Å². The van der Waals surface area contributed by atoms with E-state index >= 15 is 0 Å². The molecule has 28 heavy (non-hydrogen) atoms. The number of likely N-dealkylation sites (tertiary alicyclic amines) is 1. The summed E-state index contributed by atoms with van der Waals surface area (Å²) in [5.74, 6) is 0.202. The molecule has 1 fully saturated rings. The standard InChI is InChI=1S/C24H31NOSSi/c1-18-16-25(17-19-9-6-5-7-10-19)14-13-24(18,26)21-12-8-11-20-15-22(27-23(20)21)28(2,3)4/h5-12,15,18,26H,13-14,16-17H2,1-4H3. The average Bonchev–Trinajstić information content (AvgIpc) is 3.10. The zero-order valence-corrected chi connectivity index (χ0v) is 19.2. The third kappa shape index (κ3) is 3.71. The third-order valence-corrected chi connectivity index (χ3v) is 10.9. The van der Waals surface area contributed by atoms with E-state index in [2.05, 4.69) is 86.1 Å². The topological polar surface area (TPSA) is 23.5 Å². The van der Waals surface area contributed by atoms with Gasteiger partial charge in [0.2, 0.25) is 0 Å². The molecule has 3 aromatic rings. The summed E-state index contributed by atoms with van der Waals surface area (Å²) in [7, 11) is -1.36. The Hall–Kier alpha value is -1.46. The lowest BCUT2D eigenvalue weighted by atomic mass is 9.76. The quantitative estimate of drug-likeness (QED) is 0.601. The van der Waals surface area contributed by atoms with Crippen LogP contribution >= 0.6 is 11.3 Å². The van der Waals surface area contributed by atoms with Crippen LogP contribution in [0.25, 0.3) is 10.1 Å². The first kappa shape index (κ1) is 19.8. The van der Waals surface area contributed by atoms with Gasteiger partial charge in [0.1, 0.15) is 0 Å². The van der Waals surface area contributed by atoms with Crippen molar-refractivity contribution in [2.75, 3.05) is 13.1 Å². The van der Waals surface area contributed by atoms with Crippen LogP contribution in [-0.4, -0.2) is 31.2 Å². The van der Waals surface area contributed by atoms with Crippen molar-refractivity contribution in [1.82, 2.24) is 4.90 Å². The molecule has 4 heteroatoms. The summed E-state index contributed by atoms with van der Waals surface area (Å²) in [6.07, 6.45) is 0.792. The molecule has 0 saturated carbocycles. The molecule has 148 valence electrons. The van der Waals surface area contributed by atoms with Crippen molar-refractivity contribution >= 4 is 34.0 Å². The highest BCUT2D eigenvalue weighted by atomic mass is 32.1. The number of thiophene rings is 1. The van der Waals surface area contributed by atoms with Gasteiger partial charge in [-0.1, -0.05) is 75.1 Å². The van der Waals surface area contributed by atoms with Crippen LogP contribution in [0.4, 0.5) is 0 Å². The van der Waals surface area contributed by atoms with Crippen LogP contribution in [0, 0.1) is 5.92 Å². The molecule has 1 saturated heterocycles. The van der Waals surface area contributed by atoms with Gasteiger partial charge in [-0.3, -0.25) is 4.90 Å². The highest BCUT2D eigenvalue weighted by Gasteiger charge is 2.41. The van der Waals surface area contributed by atoms with Crippen molar-refractivity contribution in [3.63, 3.8) is 0 Å². The van der Waals surface area contributed by atoms with E-state index in [0.717, 1.165) is 31.6 Å². The number of piperidine rings is 1. The number of benzene rings is 2. The van der Waals surface area contributed by atoms with Crippen LogP contribution in [0.1, 0.15) is 24.5 Å². The minimum atomic E-state index is -1.36. The smallest absolute Gasteiger partial charge is 0.0960 e. The zero-order valence-electron chi connectivity index (χ0n) is 17.4. The van der Waals surface area contributed by atoms with E-state index in [4.69, 9.17) is 0 Å². The number of hydrogen-bond donors (Lipinski definition) is 1. The van der Waals surface area contributed by atoms with E-state index in [1.54, 1.807) is 0 Å². The lowest BCUT2D eigenvalue weighted by molar-refractivity contribution is -0.0716. The molecule has 2 atom stereocenters. The molecule has 1 aliphatic heterocycles. The van der Waals surface area contributed by atoms with Crippen molar-refractivity contribution < 1.29 is 5.11 Å². The number of nitrogens with zero attached hydrogens (tertiary/aromatic N) is 1. The third-order valence-electron chi connectivity index (χ3n) is 6.16. The van der Waals surface area contributed by atoms with Gasteiger partial charge in [0, 0.05) is 35.8 Å². The molecule has 0 amide bonds. The summed E-state index contributed by atoms with van der Waals surface area (Å²) in [5.41, 5.74) is 1.75. The largest absolute Gasteiger partial charge is 0.385 e. The van der Waals surface area contributed by atoms with Gasteiger partial charge in [-0.2, -0.15) is 0 Å². The maximum Gasteiger partial charge on any atom is 0.0960 e. The molecule has 2 unspecified atom stereocenters. The van der Waals surface area contributed by atoms with Crippen molar-refractivity contribution in [2.45, 2.75) is 45.1 Å². The Bertz CT molecular complexity index is 962. The van der Waals surface area contributed by atoms with Gasteiger partial charge >= 0.3 is 0 Å². The SMILES string of the molecule is CC1CN(Cc2ccccc2)CCC1(O)c1cccc2cc([Si](C)(C)C)sc12. The number of fused-ring (bicyclic) bond motifs is 1. The second kappa shape index (κ2) is 7.41. The van der Waals surface area contributed by atoms with E-state index in [0.29, 0.717) is 0 Å². The molecular weight excluding hydrogens is 378 g/mol. The molecule has 2 nitrogen and oxygen atoms in total. The Balaban J connectivity index is 1.61. The molecule has 4 rings (SSSR count). The first-order chi connectivity index (χ1) is 13.3. The van der Waals surface area contributed by atoms with E-state index in [1.165, 1.54) is 20.2 Å². The summed E-state index contributed by atoms with van der Waals surface area (Å²) < 4.78 is 2.82. The van der Waals surface area contributed by atoms with E-state index < -0.39 is 13.7 Å². The van der Waals surface area contributed by atoms with Crippen LogP contribution in [0.5, 0.6) is 0 Å². The summed E-state index contributed by atoms with van der Waals surface area (Å²) >= 11 is 1.92. The van der Waals surface area contributed by atoms with Crippen molar-refractivity contribution in [3.05, 3.63) is 65.7 Å². The minimum Gasteiger partial charge on any atom is -0.385 e. The highest BCUT2D eigenvalue weighted by Crippen LogP contribution is 2.42. The van der Waals surface area contributed by atoms with Gasteiger partial charge in [0.15, 0.2) is 0 Å². The Morgan fingerprint density at radius 3 is 2.54 bits per heavy atom. The highest BCUT2D eigenvalue weighted by molar-refractivity contribution is 7.31. The molecule has 1 aromatic heterocycles. The maximum atomic E-state index is 11.8. The molecule has 0 aliphatic carbocycles. The summed E-state index contributed by atoms with van der Waals surface area (Å²) in [5, 5.41) is 13.1. The molecule has 0 bridgehead atoms. The number of rotatable bonds is 4. The molecule has 2 aromatic carbocycles. The van der Waals surface area contributed by atoms with Crippen LogP contribution in [0.2, 0.25) is 19.6 Å². The Morgan fingerprint density at radius 2 is 1.86 bits per heavy atom. The normalized spacial score (nSPS) is 24.0. The Labute approximate surface area is 173 Å². The van der Waals surface area contributed by atoms with Crippen LogP contribution in [0.3, 0.4) is 0 Å². The molecule has 2 heterocycles. The summed E-state index contributed by atoms with van der Waals surface area (Å²) in [6.45, 7) is 12.2. The Morgan fingerprint density at radius 1 is 1.11 bits per heavy atom. The van der Waals surface area contributed by atoms with Gasteiger partial charge in [-0.25, -0.2) is 0 Å². The zero-order chi connectivity index (χ0) is 19.9. The molecular formula is C24H31NOSSi. The summed E-state index contributed by atoms with van der Waals surface area (Å²) in [4.78, 5) is 2.48. The van der Waals surface area contributed by atoms with Crippen LogP contribution in [-0.2, 0) is 12.1 Å². The van der Waals surface area contributed by atoms with Crippen molar-refractivity contribution in [2.24, 2.45) is 5.92 Å². The second-order valence-electron chi connectivity index (χ2n) is 9.38. The van der Waals surface area contributed by atoms with Gasteiger partial charge in [-0.15, -0.1) is 11.3 Å². The lowest BCUT2D eigenvalue weighted by Crippen LogP contribution is -2.48.